The summed E-state index contributed by atoms with van der Waals surface area (Å²) in [6.07, 6.45) is 8.11. The molecule has 1 aromatic rings. The molecule has 0 aliphatic heterocycles. The Kier molecular flexibility index (Phi) is 4.97. The van der Waals surface area contributed by atoms with Gasteiger partial charge in [-0.3, -0.25) is 0 Å². The second kappa shape index (κ2) is 6.11. The smallest absolute Gasteiger partial charge is 0.140 e. The third-order valence-electron chi connectivity index (χ3n) is 3.52. The first-order valence-electron chi connectivity index (χ1n) is 6.34. The zero-order chi connectivity index (χ0) is 13.2. The van der Waals surface area contributed by atoms with E-state index in [0.29, 0.717) is 0 Å². The molecule has 1 fully saturated rings. The summed E-state index contributed by atoms with van der Waals surface area (Å²) in [5.41, 5.74) is 1.11. The number of halogens is 2. The van der Waals surface area contributed by atoms with Gasteiger partial charge in [0.15, 0.2) is 0 Å². The van der Waals surface area contributed by atoms with Crippen LogP contribution in [0.15, 0.2) is 18.7 Å². The molecule has 0 bridgehead atoms. The number of benzene rings is 1. The molecule has 18 heavy (non-hydrogen) atoms. The quantitative estimate of drug-likeness (QED) is 0.522. The fourth-order valence-corrected chi connectivity index (χ4v) is 4.49. The first-order chi connectivity index (χ1) is 8.54. The first-order valence-corrected chi connectivity index (χ1v) is 8.50. The molecular weight excluding hydrogens is 450 g/mol. The average Bonchev–Trinajstić information content (AvgIpc) is 2.33. The minimum absolute atomic E-state index is 0.00270. The highest BCUT2D eigenvalue weighted by atomic mass is 127. The van der Waals surface area contributed by atoms with Crippen molar-refractivity contribution in [3.05, 3.63) is 31.4 Å². The Bertz CT molecular complexity index is 448. The molecule has 0 unspecified atom stereocenters. The Balaban J connectivity index is 2.30. The molecule has 0 N–H and O–H groups in total. The largest absolute Gasteiger partial charge is 0.486 e. The topological polar surface area (TPSA) is 9.23 Å². The molecule has 0 atom stereocenters. The Morgan fingerprint density at radius 1 is 1.22 bits per heavy atom. The van der Waals surface area contributed by atoms with E-state index in [4.69, 9.17) is 4.74 Å². The summed E-state index contributed by atoms with van der Waals surface area (Å²) in [5, 5.41) is 0. The van der Waals surface area contributed by atoms with Gasteiger partial charge in [-0.05, 0) is 89.9 Å². The molecule has 1 aliphatic rings. The lowest BCUT2D eigenvalue weighted by Crippen LogP contribution is -2.35. The molecule has 0 amide bonds. The van der Waals surface area contributed by atoms with E-state index in [2.05, 4.69) is 70.8 Å². The van der Waals surface area contributed by atoms with Crippen LogP contribution in [-0.4, -0.2) is 5.60 Å². The van der Waals surface area contributed by atoms with E-state index in [1.54, 1.807) is 0 Å². The zero-order valence-electron chi connectivity index (χ0n) is 10.6. The molecule has 1 aromatic carbocycles. The van der Waals surface area contributed by atoms with Crippen molar-refractivity contribution in [3.63, 3.8) is 0 Å². The SMILES string of the molecule is C=Cc1cc(I)cc(I)c1OC1(C)CCCCC1. The van der Waals surface area contributed by atoms with Crippen molar-refractivity contribution >= 4 is 51.3 Å². The summed E-state index contributed by atoms with van der Waals surface area (Å²) < 4.78 is 8.78. The molecule has 1 saturated carbocycles. The average molecular weight is 468 g/mol. The molecule has 1 aliphatic carbocycles. The van der Waals surface area contributed by atoms with Crippen LogP contribution >= 0.6 is 45.2 Å². The highest BCUT2D eigenvalue weighted by Crippen LogP contribution is 2.37. The summed E-state index contributed by atoms with van der Waals surface area (Å²) in [4.78, 5) is 0. The van der Waals surface area contributed by atoms with Crippen LogP contribution in [0.4, 0.5) is 0 Å². The molecule has 0 heterocycles. The third kappa shape index (κ3) is 3.40. The van der Waals surface area contributed by atoms with E-state index in [1.165, 1.54) is 26.4 Å². The first kappa shape index (κ1) is 14.6. The molecular formula is C15H18I2O. The Morgan fingerprint density at radius 3 is 2.50 bits per heavy atom. The minimum Gasteiger partial charge on any atom is -0.486 e. The van der Waals surface area contributed by atoms with Gasteiger partial charge in [0.2, 0.25) is 0 Å². The van der Waals surface area contributed by atoms with Gasteiger partial charge in [0.05, 0.1) is 3.57 Å². The van der Waals surface area contributed by atoms with Crippen LogP contribution in [0, 0.1) is 7.14 Å². The van der Waals surface area contributed by atoms with E-state index < -0.39 is 0 Å². The van der Waals surface area contributed by atoms with Crippen molar-refractivity contribution in [1.82, 2.24) is 0 Å². The monoisotopic (exact) mass is 468 g/mol. The van der Waals surface area contributed by atoms with Gasteiger partial charge in [0.1, 0.15) is 11.4 Å². The van der Waals surface area contributed by atoms with E-state index >= 15 is 0 Å². The number of ether oxygens (including phenoxy) is 1. The van der Waals surface area contributed by atoms with Crippen molar-refractivity contribution in [2.45, 2.75) is 44.6 Å². The maximum absolute atomic E-state index is 6.37. The summed E-state index contributed by atoms with van der Waals surface area (Å²) in [5.74, 6) is 1.01. The van der Waals surface area contributed by atoms with E-state index in [1.807, 2.05) is 6.08 Å². The van der Waals surface area contributed by atoms with Gasteiger partial charge in [-0.15, -0.1) is 0 Å². The van der Waals surface area contributed by atoms with E-state index in [-0.39, 0.29) is 5.60 Å². The molecule has 0 saturated heterocycles. The van der Waals surface area contributed by atoms with Crippen molar-refractivity contribution in [2.24, 2.45) is 0 Å². The standard InChI is InChI=1S/C15H18I2O/c1-3-11-9-12(16)10-13(17)14(11)18-15(2)7-5-4-6-8-15/h3,9-10H,1,4-8H2,2H3. The fourth-order valence-electron chi connectivity index (χ4n) is 2.49. The lowest BCUT2D eigenvalue weighted by Gasteiger charge is -2.35. The predicted molar refractivity (Wildman–Crippen MR) is 94.1 cm³/mol. The summed E-state index contributed by atoms with van der Waals surface area (Å²) in [6, 6.07) is 4.30. The lowest BCUT2D eigenvalue weighted by atomic mass is 9.86. The van der Waals surface area contributed by atoms with Crippen LogP contribution < -0.4 is 4.74 Å². The normalized spacial score (nSPS) is 18.4. The molecule has 1 nitrogen and oxygen atoms in total. The minimum atomic E-state index is 0.00270. The summed E-state index contributed by atoms with van der Waals surface area (Å²) in [6.45, 7) is 6.15. The van der Waals surface area contributed by atoms with Crippen LogP contribution in [0.2, 0.25) is 0 Å². The zero-order valence-corrected chi connectivity index (χ0v) is 15.0. The van der Waals surface area contributed by atoms with E-state index in [9.17, 15) is 0 Å². The predicted octanol–water partition coefficient (Wildman–Crippen LogP) is 5.64. The van der Waals surface area contributed by atoms with Crippen LogP contribution in [0.1, 0.15) is 44.6 Å². The number of hydrogen-bond donors (Lipinski definition) is 0. The van der Waals surface area contributed by atoms with Crippen molar-refractivity contribution < 1.29 is 4.74 Å². The fraction of sp³-hybridized carbons (Fsp3) is 0.467. The van der Waals surface area contributed by atoms with Crippen molar-refractivity contribution in [1.29, 1.82) is 0 Å². The number of hydrogen-bond acceptors (Lipinski definition) is 1. The molecule has 98 valence electrons. The summed E-state index contributed by atoms with van der Waals surface area (Å²) >= 11 is 4.70. The molecule has 2 rings (SSSR count). The van der Waals surface area contributed by atoms with Crippen molar-refractivity contribution in [3.8, 4) is 5.75 Å². The maximum atomic E-state index is 6.37. The summed E-state index contributed by atoms with van der Waals surface area (Å²) in [7, 11) is 0. The molecule has 0 aromatic heterocycles. The van der Waals surface area contributed by atoms with Crippen molar-refractivity contribution in [2.75, 3.05) is 0 Å². The third-order valence-corrected chi connectivity index (χ3v) is 4.94. The van der Waals surface area contributed by atoms with Gasteiger partial charge < -0.3 is 4.74 Å². The Labute approximate surface area is 137 Å². The van der Waals surface area contributed by atoms with Crippen LogP contribution in [0.25, 0.3) is 6.08 Å². The maximum Gasteiger partial charge on any atom is 0.140 e. The molecule has 3 heteroatoms. The highest BCUT2D eigenvalue weighted by Gasteiger charge is 2.30. The lowest BCUT2D eigenvalue weighted by molar-refractivity contribution is 0.0476. The second-order valence-electron chi connectivity index (χ2n) is 5.12. The van der Waals surface area contributed by atoms with Crippen LogP contribution in [-0.2, 0) is 0 Å². The van der Waals surface area contributed by atoms with Gasteiger partial charge >= 0.3 is 0 Å². The second-order valence-corrected chi connectivity index (χ2v) is 7.53. The Hall–Kier alpha value is 0.220. The van der Waals surface area contributed by atoms with Gasteiger partial charge in [-0.1, -0.05) is 19.1 Å². The highest BCUT2D eigenvalue weighted by molar-refractivity contribution is 14.1. The van der Waals surface area contributed by atoms with Gasteiger partial charge in [-0.25, -0.2) is 0 Å². The van der Waals surface area contributed by atoms with Gasteiger partial charge in [0.25, 0.3) is 0 Å². The Morgan fingerprint density at radius 2 is 1.89 bits per heavy atom. The number of rotatable bonds is 3. The van der Waals surface area contributed by atoms with Gasteiger partial charge in [0, 0.05) is 9.13 Å². The van der Waals surface area contributed by atoms with Crippen LogP contribution in [0.3, 0.4) is 0 Å². The molecule has 0 spiro atoms. The van der Waals surface area contributed by atoms with E-state index in [0.717, 1.165) is 24.2 Å². The van der Waals surface area contributed by atoms with Gasteiger partial charge in [-0.2, -0.15) is 0 Å². The molecule has 0 radical (unpaired) electrons. The van der Waals surface area contributed by atoms with Crippen LogP contribution in [0.5, 0.6) is 5.75 Å².